The van der Waals surface area contributed by atoms with Gasteiger partial charge in [-0.25, -0.2) is 4.68 Å². The van der Waals surface area contributed by atoms with Gasteiger partial charge in [0.2, 0.25) is 11.0 Å². The maximum atomic E-state index is 5.17. The summed E-state index contributed by atoms with van der Waals surface area (Å²) >= 11 is 1.55. The van der Waals surface area contributed by atoms with E-state index in [1.54, 1.807) is 18.9 Å². The van der Waals surface area contributed by atoms with Crippen LogP contribution in [0.4, 0.5) is 0 Å². The number of hydrogen-bond acceptors (Lipinski definition) is 5. The highest BCUT2D eigenvalue weighted by Crippen LogP contribution is 2.29. The zero-order valence-electron chi connectivity index (χ0n) is 11.3. The van der Waals surface area contributed by atoms with Crippen LogP contribution in [0.2, 0.25) is 0 Å². The van der Waals surface area contributed by atoms with Gasteiger partial charge in [-0.3, -0.25) is 5.43 Å². The van der Waals surface area contributed by atoms with Crippen LogP contribution in [-0.4, -0.2) is 22.0 Å². The summed E-state index contributed by atoms with van der Waals surface area (Å²) in [6, 6.07) is 7.98. The lowest BCUT2D eigenvalue weighted by atomic mass is 10.2. The molecule has 0 aliphatic carbocycles. The second kappa shape index (κ2) is 5.18. The highest BCUT2D eigenvalue weighted by Gasteiger charge is 2.21. The molecule has 1 atom stereocenters. The van der Waals surface area contributed by atoms with Gasteiger partial charge in [-0.05, 0) is 31.2 Å². The van der Waals surface area contributed by atoms with Crippen molar-refractivity contribution in [3.8, 4) is 5.75 Å². The van der Waals surface area contributed by atoms with E-state index >= 15 is 0 Å². The van der Waals surface area contributed by atoms with Crippen molar-refractivity contribution < 1.29 is 10.5 Å². The van der Waals surface area contributed by atoms with Crippen LogP contribution in [0.15, 0.2) is 34.8 Å². The number of rotatable bonds is 3. The van der Waals surface area contributed by atoms with Gasteiger partial charge in [0.05, 0.1) is 12.8 Å². The second-order valence-corrected chi connectivity index (χ2v) is 5.40. The number of nitrogens with one attached hydrogen (secondary N) is 1. The van der Waals surface area contributed by atoms with Crippen LogP contribution in [-0.2, 0) is 0 Å². The number of ether oxygens (including phenoxy) is 1. The number of benzene rings is 1. The van der Waals surface area contributed by atoms with E-state index in [1.807, 2.05) is 41.3 Å². The molecule has 20 heavy (non-hydrogen) atoms. The van der Waals surface area contributed by atoms with E-state index in [4.69, 9.17) is 4.74 Å². The first-order chi connectivity index (χ1) is 9.69. The number of aromatic nitrogens is 3. The van der Waals surface area contributed by atoms with E-state index in [-0.39, 0.29) is 6.04 Å². The minimum absolute atomic E-state index is 0.0690. The molecule has 0 spiro atoms. The Morgan fingerprint density at radius 3 is 2.70 bits per heavy atom. The monoisotopic (exact) mass is 290 g/mol. The van der Waals surface area contributed by atoms with Crippen molar-refractivity contribution in [1.29, 1.82) is 0 Å². The van der Waals surface area contributed by atoms with Crippen LogP contribution < -0.4 is 15.9 Å². The van der Waals surface area contributed by atoms with Crippen LogP contribution in [0.5, 0.6) is 5.75 Å². The minimum Gasteiger partial charge on any atom is -0.497 e. The largest absolute Gasteiger partial charge is 0.497 e. The van der Waals surface area contributed by atoms with Crippen molar-refractivity contribution >= 4 is 17.5 Å². The molecular formula is C13H16N5OS+. The molecule has 0 amide bonds. The van der Waals surface area contributed by atoms with Gasteiger partial charge >= 0.3 is 0 Å². The van der Waals surface area contributed by atoms with Crippen molar-refractivity contribution in [2.24, 2.45) is 0 Å². The van der Waals surface area contributed by atoms with Gasteiger partial charge in [-0.2, -0.15) is 0 Å². The Balaban J connectivity index is 1.89. The molecule has 1 aromatic carbocycles. The fourth-order valence-corrected chi connectivity index (χ4v) is 2.69. The lowest BCUT2D eigenvalue weighted by molar-refractivity contribution is -0.423. The van der Waals surface area contributed by atoms with Gasteiger partial charge in [-0.1, -0.05) is 11.8 Å². The number of quaternary nitrogens is 1. The summed E-state index contributed by atoms with van der Waals surface area (Å²) < 4.78 is 7.06. The molecular weight excluding hydrogens is 274 g/mol. The summed E-state index contributed by atoms with van der Waals surface area (Å²) in [6.07, 6.45) is 0. The molecule has 1 aliphatic rings. The fraction of sp³-hybridized carbons (Fsp3) is 0.231. The van der Waals surface area contributed by atoms with Crippen molar-refractivity contribution in [3.63, 3.8) is 0 Å². The molecule has 104 valence electrons. The third-order valence-electron chi connectivity index (χ3n) is 3.01. The average Bonchev–Trinajstić information content (AvgIpc) is 2.90. The van der Waals surface area contributed by atoms with E-state index in [0.29, 0.717) is 0 Å². The quantitative estimate of drug-likeness (QED) is 0.889. The van der Waals surface area contributed by atoms with Gasteiger partial charge in [0, 0.05) is 11.0 Å². The van der Waals surface area contributed by atoms with Gasteiger partial charge in [0.1, 0.15) is 11.8 Å². The normalized spacial score (nSPS) is 15.1. The lowest BCUT2D eigenvalue weighted by Crippen LogP contribution is -2.53. The minimum atomic E-state index is 0.0690. The van der Waals surface area contributed by atoms with Gasteiger partial charge < -0.3 is 10.5 Å². The van der Waals surface area contributed by atoms with Crippen LogP contribution in [0.3, 0.4) is 0 Å². The molecule has 4 N–H and O–H groups in total. The molecule has 0 saturated heterocycles. The number of nitrogens with zero attached hydrogens (tertiary/aromatic N) is 3. The van der Waals surface area contributed by atoms with E-state index in [2.05, 4.69) is 21.4 Å². The van der Waals surface area contributed by atoms with Gasteiger partial charge in [0.25, 0.3) is 0 Å². The maximum Gasteiger partial charge on any atom is 0.214 e. The predicted octanol–water partition coefficient (Wildman–Crippen LogP) is 1.24. The molecule has 0 radical (unpaired) electrons. The standard InChI is InChI=1S/C13H15N5OS/c1-8(14)12-15-16-13-18(12)17-11(7-20-13)9-3-5-10(19-2)6-4-9/h3-8,17H,14H2,1-2H3/p+1/t8-/m0/s1. The zero-order chi connectivity index (χ0) is 14.1. The Hall–Kier alpha value is -1.99. The molecule has 3 rings (SSSR count). The van der Waals surface area contributed by atoms with Crippen molar-refractivity contribution in [2.75, 3.05) is 12.5 Å². The van der Waals surface area contributed by atoms with Crippen molar-refractivity contribution in [2.45, 2.75) is 18.1 Å². The molecule has 0 fully saturated rings. The summed E-state index contributed by atoms with van der Waals surface area (Å²) in [6.45, 7) is 2.00. The summed E-state index contributed by atoms with van der Waals surface area (Å²) in [5.74, 6) is 1.67. The van der Waals surface area contributed by atoms with E-state index in [1.165, 1.54) is 0 Å². The van der Waals surface area contributed by atoms with E-state index in [0.717, 1.165) is 28.0 Å². The Morgan fingerprint density at radius 1 is 1.30 bits per heavy atom. The van der Waals surface area contributed by atoms with Crippen LogP contribution in [0.25, 0.3) is 5.70 Å². The molecule has 0 saturated carbocycles. The number of hydrogen-bond donors (Lipinski definition) is 2. The molecule has 6 nitrogen and oxygen atoms in total. The predicted molar refractivity (Wildman–Crippen MR) is 77.5 cm³/mol. The molecule has 0 bridgehead atoms. The molecule has 0 unspecified atom stereocenters. The summed E-state index contributed by atoms with van der Waals surface area (Å²) in [5.41, 5.74) is 9.42. The Labute approximate surface area is 121 Å². The Morgan fingerprint density at radius 2 is 2.05 bits per heavy atom. The molecule has 7 heteroatoms. The van der Waals surface area contributed by atoms with E-state index in [9.17, 15) is 0 Å². The zero-order valence-corrected chi connectivity index (χ0v) is 12.1. The Bertz CT molecular complexity index is 647. The molecule has 1 aromatic heterocycles. The first-order valence-electron chi connectivity index (χ1n) is 6.25. The fourth-order valence-electron chi connectivity index (χ4n) is 1.94. The molecule has 2 heterocycles. The summed E-state index contributed by atoms with van der Waals surface area (Å²) in [5, 5.41) is 11.2. The Kier molecular flexibility index (Phi) is 3.37. The summed E-state index contributed by atoms with van der Waals surface area (Å²) in [7, 11) is 1.66. The summed E-state index contributed by atoms with van der Waals surface area (Å²) in [4.78, 5) is 0. The molecule has 2 aromatic rings. The second-order valence-electron chi connectivity index (χ2n) is 4.57. The number of thioether (sulfide) groups is 1. The number of methoxy groups -OCH3 is 1. The maximum absolute atomic E-state index is 5.17. The smallest absolute Gasteiger partial charge is 0.214 e. The van der Waals surface area contributed by atoms with E-state index < -0.39 is 0 Å². The van der Waals surface area contributed by atoms with Crippen molar-refractivity contribution in [1.82, 2.24) is 14.9 Å². The average molecular weight is 290 g/mol. The van der Waals surface area contributed by atoms with Crippen molar-refractivity contribution in [3.05, 3.63) is 41.1 Å². The first-order valence-corrected chi connectivity index (χ1v) is 7.13. The third-order valence-corrected chi connectivity index (χ3v) is 3.84. The van der Waals surface area contributed by atoms with Crippen LogP contribution in [0.1, 0.15) is 24.4 Å². The van der Waals surface area contributed by atoms with Crippen LogP contribution >= 0.6 is 11.8 Å². The third kappa shape index (κ3) is 2.25. The number of fused-ring (bicyclic) bond motifs is 1. The lowest BCUT2D eigenvalue weighted by Gasteiger charge is -2.19. The highest BCUT2D eigenvalue weighted by atomic mass is 32.2. The van der Waals surface area contributed by atoms with Crippen LogP contribution in [0, 0.1) is 0 Å². The van der Waals surface area contributed by atoms with Gasteiger partial charge in [0.15, 0.2) is 0 Å². The highest BCUT2D eigenvalue weighted by molar-refractivity contribution is 8.02. The van der Waals surface area contributed by atoms with Gasteiger partial charge in [-0.15, -0.1) is 10.2 Å². The first kappa shape index (κ1) is 13.0. The topological polar surface area (TPSA) is 79.6 Å². The molecule has 1 aliphatic heterocycles. The SMILES string of the molecule is COc1ccc(C2=CSc3nnc([C@H](C)[NH3+])n3N2)cc1.